The van der Waals surface area contributed by atoms with Crippen LogP contribution >= 0.6 is 0 Å². The van der Waals surface area contributed by atoms with E-state index in [4.69, 9.17) is 0 Å². The van der Waals surface area contributed by atoms with Gasteiger partial charge in [0.25, 0.3) is 0 Å². The lowest BCUT2D eigenvalue weighted by Gasteiger charge is -2.13. The number of nitrogens with one attached hydrogen (secondary N) is 1. The molecule has 22 heavy (non-hydrogen) atoms. The lowest BCUT2D eigenvalue weighted by atomic mass is 9.97. The molecule has 0 fully saturated rings. The van der Waals surface area contributed by atoms with E-state index >= 15 is 0 Å². The Kier molecular flexibility index (Phi) is 5.67. The minimum Gasteiger partial charge on any atom is -0.392 e. The van der Waals surface area contributed by atoms with Crippen molar-refractivity contribution in [2.24, 2.45) is 0 Å². The molecular weight excluding hydrogens is 281 g/mol. The van der Waals surface area contributed by atoms with Gasteiger partial charge in [0.2, 0.25) is 5.91 Å². The van der Waals surface area contributed by atoms with Crippen LogP contribution in [0.25, 0.3) is 0 Å². The number of amides is 1. The van der Waals surface area contributed by atoms with Crippen molar-refractivity contribution in [3.05, 3.63) is 71.0 Å². The third-order valence-corrected chi connectivity index (χ3v) is 3.69. The molecule has 0 aromatic heterocycles. The Balaban J connectivity index is 1.92. The van der Waals surface area contributed by atoms with Gasteiger partial charge in [-0.25, -0.2) is 4.39 Å². The van der Waals surface area contributed by atoms with Crippen LogP contribution in [0.4, 0.5) is 4.39 Å². The highest BCUT2D eigenvalue weighted by atomic mass is 19.1. The maximum Gasteiger partial charge on any atom is 0.220 e. The molecule has 0 heterocycles. The first kappa shape index (κ1) is 16.2. The van der Waals surface area contributed by atoms with Gasteiger partial charge in [0.15, 0.2) is 0 Å². The maximum absolute atomic E-state index is 13.7. The zero-order valence-electron chi connectivity index (χ0n) is 12.6. The van der Waals surface area contributed by atoms with Gasteiger partial charge in [-0.2, -0.15) is 0 Å². The van der Waals surface area contributed by atoms with Crippen molar-refractivity contribution in [1.29, 1.82) is 0 Å². The molecule has 0 aliphatic heterocycles. The molecule has 4 heteroatoms. The fourth-order valence-electron chi connectivity index (χ4n) is 2.41. The predicted octanol–water partition coefficient (Wildman–Crippen LogP) is 3.13. The molecule has 0 bridgehead atoms. The summed E-state index contributed by atoms with van der Waals surface area (Å²) in [5.41, 5.74) is 2.23. The summed E-state index contributed by atoms with van der Waals surface area (Å²) < 4.78 is 13.7. The Morgan fingerprint density at radius 3 is 2.45 bits per heavy atom. The van der Waals surface area contributed by atoms with E-state index in [0.29, 0.717) is 12.1 Å². The highest BCUT2D eigenvalue weighted by Crippen LogP contribution is 2.21. The van der Waals surface area contributed by atoms with Gasteiger partial charge in [0.05, 0.1) is 6.61 Å². The third kappa shape index (κ3) is 4.15. The molecule has 0 aliphatic rings. The Hall–Kier alpha value is -2.20. The molecule has 0 saturated carbocycles. The summed E-state index contributed by atoms with van der Waals surface area (Å²) in [6.45, 7) is 2.14. The molecule has 2 rings (SSSR count). The number of hydrogen-bond acceptors (Lipinski definition) is 2. The Bertz CT molecular complexity index is 642. The van der Waals surface area contributed by atoms with Crippen LogP contribution in [-0.2, 0) is 17.9 Å². The van der Waals surface area contributed by atoms with E-state index in [-0.39, 0.29) is 30.7 Å². The average molecular weight is 301 g/mol. The van der Waals surface area contributed by atoms with Crippen molar-refractivity contribution in [2.75, 3.05) is 0 Å². The topological polar surface area (TPSA) is 49.3 Å². The summed E-state index contributed by atoms with van der Waals surface area (Å²) in [7, 11) is 0. The Labute approximate surface area is 129 Å². The van der Waals surface area contributed by atoms with Crippen molar-refractivity contribution in [3.8, 4) is 0 Å². The Morgan fingerprint density at radius 2 is 1.77 bits per heavy atom. The SMILES string of the molecule is CC(CC(=O)NCc1ccccc1CO)c1ccccc1F. The number of rotatable bonds is 6. The molecule has 2 aromatic rings. The molecular formula is C18H20FNO2. The number of aliphatic hydroxyl groups is 1. The largest absolute Gasteiger partial charge is 0.392 e. The van der Waals surface area contributed by atoms with Crippen LogP contribution in [0.2, 0.25) is 0 Å². The van der Waals surface area contributed by atoms with E-state index in [1.54, 1.807) is 18.2 Å². The summed E-state index contributed by atoms with van der Waals surface area (Å²) in [6.07, 6.45) is 0.224. The number of carbonyl (C=O) groups excluding carboxylic acids is 1. The molecule has 0 saturated heterocycles. The first-order chi connectivity index (χ1) is 10.6. The molecule has 0 spiro atoms. The fourth-order valence-corrected chi connectivity index (χ4v) is 2.41. The van der Waals surface area contributed by atoms with Gasteiger partial charge < -0.3 is 10.4 Å². The number of aliphatic hydroxyl groups excluding tert-OH is 1. The number of halogens is 1. The summed E-state index contributed by atoms with van der Waals surface area (Å²) >= 11 is 0. The molecule has 0 aliphatic carbocycles. The summed E-state index contributed by atoms with van der Waals surface area (Å²) in [5.74, 6) is -0.605. The fraction of sp³-hybridized carbons (Fsp3) is 0.278. The first-order valence-electron chi connectivity index (χ1n) is 7.30. The van der Waals surface area contributed by atoms with Crippen molar-refractivity contribution in [3.63, 3.8) is 0 Å². The lowest BCUT2D eigenvalue weighted by molar-refractivity contribution is -0.121. The Morgan fingerprint density at radius 1 is 1.14 bits per heavy atom. The zero-order valence-corrected chi connectivity index (χ0v) is 12.6. The standard InChI is InChI=1S/C18H20FNO2/c1-13(16-8-4-5-9-17(16)19)10-18(22)20-11-14-6-2-3-7-15(14)12-21/h2-9,13,21H,10-12H2,1H3,(H,20,22). The van der Waals surface area contributed by atoms with E-state index in [2.05, 4.69) is 5.32 Å². The summed E-state index contributed by atoms with van der Waals surface area (Å²) in [5, 5.41) is 12.1. The van der Waals surface area contributed by atoms with Crippen molar-refractivity contribution in [2.45, 2.75) is 32.4 Å². The molecule has 1 unspecified atom stereocenters. The van der Waals surface area contributed by atoms with Crippen LogP contribution < -0.4 is 5.32 Å². The molecule has 3 nitrogen and oxygen atoms in total. The van der Waals surface area contributed by atoms with Crippen LogP contribution in [0, 0.1) is 5.82 Å². The normalized spacial score (nSPS) is 12.0. The molecule has 1 atom stereocenters. The maximum atomic E-state index is 13.7. The second kappa shape index (κ2) is 7.71. The molecule has 0 radical (unpaired) electrons. The van der Waals surface area contributed by atoms with Gasteiger partial charge in [-0.3, -0.25) is 4.79 Å². The highest BCUT2D eigenvalue weighted by molar-refractivity contribution is 5.76. The number of benzene rings is 2. The van der Waals surface area contributed by atoms with E-state index < -0.39 is 0 Å². The van der Waals surface area contributed by atoms with Crippen LogP contribution in [0.5, 0.6) is 0 Å². The molecule has 116 valence electrons. The van der Waals surface area contributed by atoms with Gasteiger partial charge in [-0.05, 0) is 28.7 Å². The van der Waals surface area contributed by atoms with Crippen molar-refractivity contribution in [1.82, 2.24) is 5.32 Å². The third-order valence-electron chi connectivity index (χ3n) is 3.69. The monoisotopic (exact) mass is 301 g/mol. The van der Waals surface area contributed by atoms with E-state index in [0.717, 1.165) is 11.1 Å². The van der Waals surface area contributed by atoms with Gasteiger partial charge >= 0.3 is 0 Å². The lowest BCUT2D eigenvalue weighted by Crippen LogP contribution is -2.24. The van der Waals surface area contributed by atoms with Crippen LogP contribution in [0.3, 0.4) is 0 Å². The summed E-state index contributed by atoms with van der Waals surface area (Å²) in [4.78, 5) is 12.0. The zero-order chi connectivity index (χ0) is 15.9. The second-order valence-corrected chi connectivity index (χ2v) is 5.33. The average Bonchev–Trinajstić information content (AvgIpc) is 2.53. The van der Waals surface area contributed by atoms with Gasteiger partial charge in [0.1, 0.15) is 5.82 Å². The van der Waals surface area contributed by atoms with E-state index in [9.17, 15) is 14.3 Å². The van der Waals surface area contributed by atoms with Crippen LogP contribution in [0.15, 0.2) is 48.5 Å². The van der Waals surface area contributed by atoms with Crippen molar-refractivity contribution >= 4 is 5.91 Å². The minimum absolute atomic E-state index is 0.0579. The number of hydrogen-bond donors (Lipinski definition) is 2. The van der Waals surface area contributed by atoms with Crippen molar-refractivity contribution < 1.29 is 14.3 Å². The smallest absolute Gasteiger partial charge is 0.220 e. The quantitative estimate of drug-likeness (QED) is 0.861. The number of carbonyl (C=O) groups is 1. The van der Waals surface area contributed by atoms with Gasteiger partial charge in [-0.15, -0.1) is 0 Å². The molecule has 2 N–H and O–H groups in total. The minimum atomic E-state index is -0.284. The van der Waals surface area contributed by atoms with Gasteiger partial charge in [-0.1, -0.05) is 49.4 Å². The highest BCUT2D eigenvalue weighted by Gasteiger charge is 2.14. The molecule has 1 amide bonds. The molecule has 2 aromatic carbocycles. The van der Waals surface area contributed by atoms with Gasteiger partial charge in [0, 0.05) is 13.0 Å². The second-order valence-electron chi connectivity index (χ2n) is 5.33. The summed E-state index contributed by atoms with van der Waals surface area (Å²) in [6, 6.07) is 13.9. The van der Waals surface area contributed by atoms with Crippen LogP contribution in [0.1, 0.15) is 36.0 Å². The van der Waals surface area contributed by atoms with E-state index in [1.165, 1.54) is 6.07 Å². The first-order valence-corrected chi connectivity index (χ1v) is 7.30. The van der Waals surface area contributed by atoms with Crippen LogP contribution in [-0.4, -0.2) is 11.0 Å². The van der Waals surface area contributed by atoms with E-state index in [1.807, 2.05) is 31.2 Å². The predicted molar refractivity (Wildman–Crippen MR) is 83.6 cm³/mol.